The number of alkyl halides is 3. The largest absolute Gasteiger partial charge is 0.458 e. The van der Waals surface area contributed by atoms with E-state index in [0.717, 1.165) is 68.4 Å². The summed E-state index contributed by atoms with van der Waals surface area (Å²) in [5.41, 5.74) is -1.22. The molecule has 1 saturated carbocycles. The molecule has 0 heterocycles. The Hall–Kier alpha value is -3.45. The normalized spacial score (nSPS) is 14.3. The lowest BCUT2D eigenvalue weighted by Gasteiger charge is -2.15. The van der Waals surface area contributed by atoms with Crippen molar-refractivity contribution in [1.29, 1.82) is 0 Å². The molecule has 0 spiro atoms. The van der Waals surface area contributed by atoms with Crippen molar-refractivity contribution >= 4 is 10.8 Å². The number of fused-ring (bicyclic) bond motifs is 1. The Morgan fingerprint density at radius 2 is 1.44 bits per heavy atom. The fourth-order valence-corrected chi connectivity index (χ4v) is 4.09. The summed E-state index contributed by atoms with van der Waals surface area (Å²) in [6.07, 6.45) is 0.340. The molecule has 174 valence electrons. The number of halogens is 7. The monoisotopic (exact) mass is 474 g/mol. The number of hydrogen-bond donors (Lipinski definition) is 0. The van der Waals surface area contributed by atoms with Gasteiger partial charge in [0.05, 0.1) is 11.1 Å². The minimum atomic E-state index is -4.92. The van der Waals surface area contributed by atoms with Crippen molar-refractivity contribution < 1.29 is 30.7 Å². The minimum absolute atomic E-state index is 0.0159. The van der Waals surface area contributed by atoms with Crippen molar-refractivity contribution in [2.75, 3.05) is 0 Å². The maximum Gasteiger partial charge on any atom is 0.458 e. The van der Waals surface area contributed by atoms with Crippen LogP contribution in [0.15, 0.2) is 36.4 Å². The molecule has 1 fully saturated rings. The molecule has 7 heteroatoms. The Balaban J connectivity index is 1.71. The SMILES string of the molecule is Fc1cc2cc(-c3c(F)cc(C#CC4CCCCC4)cc3F)ccc2c(F)c1C#CC(F)(F)F. The average Bonchev–Trinajstić information content (AvgIpc) is 2.77. The van der Waals surface area contributed by atoms with Gasteiger partial charge in [-0.3, -0.25) is 0 Å². The van der Waals surface area contributed by atoms with Crippen LogP contribution in [0.25, 0.3) is 21.9 Å². The maximum absolute atomic E-state index is 14.8. The highest BCUT2D eigenvalue weighted by atomic mass is 19.4. The summed E-state index contributed by atoms with van der Waals surface area (Å²) in [6.45, 7) is 0. The molecule has 0 atom stereocenters. The van der Waals surface area contributed by atoms with E-state index in [9.17, 15) is 30.7 Å². The van der Waals surface area contributed by atoms with Gasteiger partial charge in [0.1, 0.15) is 23.3 Å². The molecule has 0 aromatic heterocycles. The zero-order valence-corrected chi connectivity index (χ0v) is 17.7. The molecule has 0 saturated heterocycles. The lowest BCUT2D eigenvalue weighted by molar-refractivity contribution is -0.0696. The summed E-state index contributed by atoms with van der Waals surface area (Å²) >= 11 is 0. The third-order valence-corrected chi connectivity index (χ3v) is 5.71. The molecule has 0 nitrogen and oxygen atoms in total. The molecule has 0 N–H and O–H groups in total. The van der Waals surface area contributed by atoms with Crippen molar-refractivity contribution in [3.63, 3.8) is 0 Å². The molecule has 0 unspecified atom stereocenters. The second-order valence-corrected chi connectivity index (χ2v) is 8.15. The Kier molecular flexibility index (Phi) is 6.57. The van der Waals surface area contributed by atoms with E-state index in [4.69, 9.17) is 0 Å². The summed E-state index contributed by atoms with van der Waals surface area (Å²) < 4.78 is 95.4. The fourth-order valence-electron chi connectivity index (χ4n) is 4.09. The number of benzene rings is 3. The van der Waals surface area contributed by atoms with Crippen LogP contribution < -0.4 is 0 Å². The van der Waals surface area contributed by atoms with Crippen LogP contribution in [-0.2, 0) is 0 Å². The zero-order chi connectivity index (χ0) is 24.5. The van der Waals surface area contributed by atoms with Crippen LogP contribution in [0.5, 0.6) is 0 Å². The van der Waals surface area contributed by atoms with Gasteiger partial charge < -0.3 is 0 Å². The van der Waals surface area contributed by atoms with Crippen molar-refractivity contribution in [2.24, 2.45) is 5.92 Å². The molecule has 0 aliphatic heterocycles. The molecule has 0 radical (unpaired) electrons. The van der Waals surface area contributed by atoms with Gasteiger partial charge in [0, 0.05) is 22.8 Å². The van der Waals surface area contributed by atoms with Gasteiger partial charge in [-0.1, -0.05) is 49.2 Å². The molecule has 1 aliphatic carbocycles. The third kappa shape index (κ3) is 5.20. The van der Waals surface area contributed by atoms with Crippen molar-refractivity contribution in [2.45, 2.75) is 38.3 Å². The molecule has 1 aliphatic rings. The second-order valence-electron chi connectivity index (χ2n) is 8.15. The molecular formula is C27H17F7. The Labute approximate surface area is 191 Å². The van der Waals surface area contributed by atoms with E-state index in [1.54, 1.807) is 0 Å². The smallest absolute Gasteiger partial charge is 0.206 e. The fraction of sp³-hybridized carbons (Fsp3) is 0.259. The number of hydrogen-bond acceptors (Lipinski definition) is 0. The van der Waals surface area contributed by atoms with E-state index in [0.29, 0.717) is 0 Å². The average molecular weight is 474 g/mol. The van der Waals surface area contributed by atoms with Gasteiger partial charge in [-0.15, -0.1) is 0 Å². The highest BCUT2D eigenvalue weighted by Gasteiger charge is 2.24. The van der Waals surface area contributed by atoms with Crippen LogP contribution in [0.4, 0.5) is 30.7 Å². The first-order valence-electron chi connectivity index (χ1n) is 10.6. The first-order valence-corrected chi connectivity index (χ1v) is 10.6. The van der Waals surface area contributed by atoms with Crippen LogP contribution in [0.3, 0.4) is 0 Å². The molecule has 4 rings (SSSR count). The molecule has 0 amide bonds. The van der Waals surface area contributed by atoms with E-state index in [-0.39, 0.29) is 27.8 Å². The third-order valence-electron chi connectivity index (χ3n) is 5.71. The quantitative estimate of drug-likeness (QED) is 0.248. The Bertz CT molecular complexity index is 1350. The highest BCUT2D eigenvalue weighted by molar-refractivity contribution is 5.89. The predicted molar refractivity (Wildman–Crippen MR) is 116 cm³/mol. The summed E-state index contributed by atoms with van der Waals surface area (Å²) in [5, 5.41) is -0.308. The van der Waals surface area contributed by atoms with E-state index in [2.05, 4.69) is 11.8 Å². The standard InChI is InChI=1S/C27H17F7/c28-22-15-19-14-18(8-9-20(19)26(31)21(22)10-11-27(32,33)34)25-23(29)12-17(13-24(25)30)7-6-16-4-2-1-3-5-16/h8-9,12-16H,1-5H2. The van der Waals surface area contributed by atoms with Crippen LogP contribution in [-0.4, -0.2) is 6.18 Å². The first-order chi connectivity index (χ1) is 16.1. The van der Waals surface area contributed by atoms with Crippen LogP contribution >= 0.6 is 0 Å². The van der Waals surface area contributed by atoms with Gasteiger partial charge in [0.2, 0.25) is 0 Å². The summed E-state index contributed by atoms with van der Waals surface area (Å²) in [5.74, 6) is 4.02. The van der Waals surface area contributed by atoms with Crippen molar-refractivity contribution in [3.05, 3.63) is 70.8 Å². The summed E-state index contributed by atoms with van der Waals surface area (Å²) in [6, 6.07) is 6.48. The van der Waals surface area contributed by atoms with Crippen molar-refractivity contribution in [1.82, 2.24) is 0 Å². The van der Waals surface area contributed by atoms with Gasteiger partial charge >= 0.3 is 6.18 Å². The summed E-state index contributed by atoms with van der Waals surface area (Å²) in [7, 11) is 0. The highest BCUT2D eigenvalue weighted by Crippen LogP contribution is 2.32. The Morgan fingerprint density at radius 3 is 2.09 bits per heavy atom. The summed E-state index contributed by atoms with van der Waals surface area (Å²) in [4.78, 5) is 0. The van der Waals surface area contributed by atoms with Crippen LogP contribution in [0, 0.1) is 52.9 Å². The van der Waals surface area contributed by atoms with Crippen molar-refractivity contribution in [3.8, 4) is 34.8 Å². The second kappa shape index (κ2) is 9.43. The lowest BCUT2D eigenvalue weighted by atomic mass is 9.89. The van der Waals surface area contributed by atoms with E-state index < -0.39 is 40.6 Å². The maximum atomic E-state index is 14.8. The van der Waals surface area contributed by atoms with Gasteiger partial charge in [0.15, 0.2) is 0 Å². The van der Waals surface area contributed by atoms with Gasteiger partial charge in [-0.25, -0.2) is 17.6 Å². The molecule has 0 bridgehead atoms. The van der Waals surface area contributed by atoms with Gasteiger partial charge in [-0.05, 0) is 48.1 Å². The zero-order valence-electron chi connectivity index (χ0n) is 17.7. The lowest BCUT2D eigenvalue weighted by Crippen LogP contribution is -2.03. The minimum Gasteiger partial charge on any atom is -0.206 e. The van der Waals surface area contributed by atoms with E-state index in [1.165, 1.54) is 12.0 Å². The van der Waals surface area contributed by atoms with E-state index in [1.807, 2.05) is 0 Å². The first kappa shape index (κ1) is 23.7. The van der Waals surface area contributed by atoms with Gasteiger partial charge in [-0.2, -0.15) is 13.2 Å². The van der Waals surface area contributed by atoms with E-state index >= 15 is 0 Å². The Morgan fingerprint density at radius 1 is 0.765 bits per heavy atom. The topological polar surface area (TPSA) is 0 Å². The molecule has 3 aromatic carbocycles. The molecule has 3 aromatic rings. The molecule has 34 heavy (non-hydrogen) atoms. The number of rotatable bonds is 1. The molecular weight excluding hydrogens is 457 g/mol. The predicted octanol–water partition coefficient (Wildman–Crippen LogP) is 7.91. The van der Waals surface area contributed by atoms with Gasteiger partial charge in [0.25, 0.3) is 0 Å². The van der Waals surface area contributed by atoms with Crippen LogP contribution in [0.1, 0.15) is 43.2 Å². The van der Waals surface area contributed by atoms with Crippen LogP contribution in [0.2, 0.25) is 0 Å².